The monoisotopic (exact) mass is 369 g/mol. The van der Waals surface area contributed by atoms with Crippen LogP contribution >= 0.6 is 0 Å². The molecule has 1 fully saturated rings. The van der Waals surface area contributed by atoms with Crippen LogP contribution in [0.4, 0.5) is 0 Å². The lowest BCUT2D eigenvalue weighted by molar-refractivity contribution is -0.242. The van der Waals surface area contributed by atoms with E-state index >= 15 is 0 Å². The second kappa shape index (κ2) is 7.86. The molecule has 0 aliphatic carbocycles. The van der Waals surface area contributed by atoms with E-state index in [1.54, 1.807) is 49.4 Å². The van der Waals surface area contributed by atoms with E-state index in [0.29, 0.717) is 28.0 Å². The normalized spacial score (nSPS) is 24.9. The van der Waals surface area contributed by atoms with E-state index in [-0.39, 0.29) is 12.4 Å². The van der Waals surface area contributed by atoms with Gasteiger partial charge in [-0.3, -0.25) is 4.79 Å². The van der Waals surface area contributed by atoms with Gasteiger partial charge in [0.25, 0.3) is 0 Å². The summed E-state index contributed by atoms with van der Waals surface area (Å²) in [6, 6.07) is 13.2. The van der Waals surface area contributed by atoms with Gasteiger partial charge in [0.15, 0.2) is 5.78 Å². The first-order valence-electron chi connectivity index (χ1n) is 8.38. The van der Waals surface area contributed by atoms with Crippen LogP contribution in [0, 0.1) is 18.3 Å². The van der Waals surface area contributed by atoms with Crippen molar-refractivity contribution in [1.82, 2.24) is 0 Å². The number of carbonyl (C=O) groups excluding carboxylic acids is 1. The van der Waals surface area contributed by atoms with Crippen molar-refractivity contribution in [3.8, 4) is 11.8 Å². The number of hydrogen-bond acceptors (Lipinski definition) is 7. The van der Waals surface area contributed by atoms with Gasteiger partial charge in [-0.15, -0.1) is 0 Å². The van der Waals surface area contributed by atoms with Crippen molar-refractivity contribution in [1.29, 1.82) is 5.26 Å². The Bertz CT molecular complexity index is 873. The van der Waals surface area contributed by atoms with Gasteiger partial charge < -0.3 is 24.8 Å². The molecule has 0 bridgehead atoms. The average Bonchev–Trinajstić information content (AvgIpc) is 2.69. The largest absolute Gasteiger partial charge is 0.462 e. The summed E-state index contributed by atoms with van der Waals surface area (Å²) in [4.78, 5) is 12.6. The van der Waals surface area contributed by atoms with Gasteiger partial charge >= 0.3 is 0 Å². The molecule has 1 saturated heterocycles. The molecule has 27 heavy (non-hydrogen) atoms. The number of ketones is 1. The van der Waals surface area contributed by atoms with Crippen LogP contribution in [0.2, 0.25) is 0 Å². The first kappa shape index (κ1) is 19.0. The minimum absolute atomic E-state index is 0.156. The second-order valence-corrected chi connectivity index (χ2v) is 6.37. The van der Waals surface area contributed by atoms with E-state index in [9.17, 15) is 20.1 Å². The fraction of sp³-hybridized carbons (Fsp3) is 0.300. The van der Waals surface area contributed by atoms with Crippen molar-refractivity contribution in [3.63, 3.8) is 0 Å². The van der Waals surface area contributed by atoms with Gasteiger partial charge in [0.05, 0.1) is 18.2 Å². The molecule has 1 aliphatic rings. The molecule has 0 radical (unpaired) electrons. The van der Waals surface area contributed by atoms with Crippen LogP contribution in [0.5, 0.6) is 5.75 Å². The Morgan fingerprint density at radius 3 is 2.41 bits per heavy atom. The lowest BCUT2D eigenvalue weighted by Crippen LogP contribution is -2.54. The predicted octanol–water partition coefficient (Wildman–Crippen LogP) is 0.915. The summed E-state index contributed by atoms with van der Waals surface area (Å²) < 4.78 is 10.8. The standard InChI is InChI=1S/C20H19NO6/c1-11-8-14(17(23)13-4-2-12(9-21)3-5-13)6-7-16(11)27-20-19(25)18(24)15(22)10-26-20/h2-8,15,18-20,22,24-25H,10H2,1H3/t15-,18+,19-,20-/m1/s1. The summed E-state index contributed by atoms with van der Waals surface area (Å²) in [7, 11) is 0. The first-order valence-corrected chi connectivity index (χ1v) is 8.38. The molecule has 7 nitrogen and oxygen atoms in total. The van der Waals surface area contributed by atoms with Crippen molar-refractivity contribution in [2.45, 2.75) is 31.5 Å². The minimum Gasteiger partial charge on any atom is -0.462 e. The number of benzene rings is 2. The molecular formula is C20H19NO6. The number of nitriles is 1. The maximum absolute atomic E-state index is 12.6. The Morgan fingerprint density at radius 1 is 1.11 bits per heavy atom. The van der Waals surface area contributed by atoms with E-state index in [0.717, 1.165) is 0 Å². The van der Waals surface area contributed by atoms with E-state index in [1.165, 1.54) is 0 Å². The maximum Gasteiger partial charge on any atom is 0.228 e. The summed E-state index contributed by atoms with van der Waals surface area (Å²) >= 11 is 0. The third kappa shape index (κ3) is 3.99. The van der Waals surface area contributed by atoms with Crippen LogP contribution in [0.25, 0.3) is 0 Å². The molecule has 7 heteroatoms. The quantitative estimate of drug-likeness (QED) is 0.685. The van der Waals surface area contributed by atoms with Crippen molar-refractivity contribution >= 4 is 5.78 Å². The molecule has 4 atom stereocenters. The molecule has 0 unspecified atom stereocenters. The van der Waals surface area contributed by atoms with Crippen LogP contribution in [0.3, 0.4) is 0 Å². The molecule has 0 saturated carbocycles. The SMILES string of the molecule is Cc1cc(C(=O)c2ccc(C#N)cc2)ccc1O[C@H]1OC[C@@H](O)[C@H](O)[C@H]1O. The average molecular weight is 369 g/mol. The number of nitrogens with zero attached hydrogens (tertiary/aromatic N) is 1. The Kier molecular flexibility index (Phi) is 5.54. The third-order valence-corrected chi connectivity index (χ3v) is 4.41. The number of aliphatic hydroxyl groups is 3. The van der Waals surface area contributed by atoms with Gasteiger partial charge in [0.2, 0.25) is 6.29 Å². The van der Waals surface area contributed by atoms with E-state index in [4.69, 9.17) is 14.7 Å². The Hall–Kier alpha value is -2.76. The van der Waals surface area contributed by atoms with Gasteiger partial charge in [-0.05, 0) is 55.0 Å². The molecule has 0 spiro atoms. The van der Waals surface area contributed by atoms with E-state index in [2.05, 4.69) is 0 Å². The lowest BCUT2D eigenvalue weighted by atomic mass is 10.0. The zero-order chi connectivity index (χ0) is 19.6. The van der Waals surface area contributed by atoms with Gasteiger partial charge in [0.1, 0.15) is 24.1 Å². The Morgan fingerprint density at radius 2 is 1.78 bits per heavy atom. The molecule has 2 aromatic carbocycles. The first-order chi connectivity index (χ1) is 12.9. The zero-order valence-electron chi connectivity index (χ0n) is 14.6. The Labute approximate surface area is 156 Å². The van der Waals surface area contributed by atoms with Crippen molar-refractivity contribution in [2.75, 3.05) is 6.61 Å². The summed E-state index contributed by atoms with van der Waals surface area (Å²) in [5.74, 6) is 0.195. The van der Waals surface area contributed by atoms with E-state index in [1.807, 2.05) is 6.07 Å². The number of aryl methyl sites for hydroxylation is 1. The van der Waals surface area contributed by atoms with Crippen LogP contribution in [-0.4, -0.2) is 52.3 Å². The number of ether oxygens (including phenoxy) is 2. The molecule has 1 aliphatic heterocycles. The minimum atomic E-state index is -1.40. The molecule has 0 aromatic heterocycles. The van der Waals surface area contributed by atoms with Crippen LogP contribution in [0.1, 0.15) is 27.0 Å². The van der Waals surface area contributed by atoms with Gasteiger partial charge in [-0.2, -0.15) is 5.26 Å². The topological polar surface area (TPSA) is 120 Å². The van der Waals surface area contributed by atoms with E-state index < -0.39 is 24.6 Å². The highest BCUT2D eigenvalue weighted by atomic mass is 16.7. The van der Waals surface area contributed by atoms with Crippen molar-refractivity contribution in [3.05, 3.63) is 64.7 Å². The summed E-state index contributed by atoms with van der Waals surface area (Å²) in [6.45, 7) is 1.59. The smallest absolute Gasteiger partial charge is 0.228 e. The number of rotatable bonds is 4. The van der Waals surface area contributed by atoms with Crippen molar-refractivity contribution < 1.29 is 29.6 Å². The van der Waals surface area contributed by atoms with Crippen LogP contribution < -0.4 is 4.74 Å². The third-order valence-electron chi connectivity index (χ3n) is 4.41. The Balaban J connectivity index is 1.75. The molecule has 3 N–H and O–H groups in total. The van der Waals surface area contributed by atoms with Crippen LogP contribution in [-0.2, 0) is 4.74 Å². The fourth-order valence-electron chi connectivity index (χ4n) is 2.79. The lowest BCUT2D eigenvalue weighted by Gasteiger charge is -2.35. The highest BCUT2D eigenvalue weighted by molar-refractivity contribution is 6.09. The second-order valence-electron chi connectivity index (χ2n) is 6.37. The van der Waals surface area contributed by atoms with Gasteiger partial charge in [0, 0.05) is 11.1 Å². The summed E-state index contributed by atoms with van der Waals surface area (Å²) in [6.07, 6.45) is -5.05. The van der Waals surface area contributed by atoms with Crippen LogP contribution in [0.15, 0.2) is 42.5 Å². The number of carbonyl (C=O) groups is 1. The molecule has 3 rings (SSSR count). The molecule has 140 valence electrons. The predicted molar refractivity (Wildman–Crippen MR) is 94.2 cm³/mol. The molecule has 2 aromatic rings. The fourth-order valence-corrected chi connectivity index (χ4v) is 2.79. The highest BCUT2D eigenvalue weighted by Gasteiger charge is 2.39. The summed E-state index contributed by atoms with van der Waals surface area (Å²) in [5, 5.41) is 38.0. The van der Waals surface area contributed by atoms with Crippen molar-refractivity contribution in [2.24, 2.45) is 0 Å². The maximum atomic E-state index is 12.6. The summed E-state index contributed by atoms with van der Waals surface area (Å²) in [5.41, 5.74) is 2.03. The molecular weight excluding hydrogens is 350 g/mol. The molecule has 0 amide bonds. The van der Waals surface area contributed by atoms with Gasteiger partial charge in [-0.1, -0.05) is 0 Å². The molecule has 1 heterocycles. The zero-order valence-corrected chi connectivity index (χ0v) is 14.6. The number of aliphatic hydroxyl groups excluding tert-OH is 3. The number of hydrogen-bond donors (Lipinski definition) is 3. The highest BCUT2D eigenvalue weighted by Crippen LogP contribution is 2.25. The van der Waals surface area contributed by atoms with Gasteiger partial charge in [-0.25, -0.2) is 0 Å².